The summed E-state index contributed by atoms with van der Waals surface area (Å²) in [6.07, 6.45) is 1.55. The van der Waals surface area contributed by atoms with Gasteiger partial charge in [-0.1, -0.05) is 12.1 Å². The summed E-state index contributed by atoms with van der Waals surface area (Å²) in [4.78, 5) is 11.6. The highest BCUT2D eigenvalue weighted by Gasteiger charge is 2.15. The first-order valence-electron chi connectivity index (χ1n) is 6.22. The van der Waals surface area contributed by atoms with E-state index in [1.807, 2.05) is 12.1 Å². The fourth-order valence-corrected chi connectivity index (χ4v) is 2.01. The summed E-state index contributed by atoms with van der Waals surface area (Å²) in [5.41, 5.74) is 7.23. The third kappa shape index (κ3) is 3.92. The second-order valence-corrected chi connectivity index (χ2v) is 4.49. The number of nitrogen functional groups attached to an aromatic ring is 1. The molecule has 1 aromatic rings. The third-order valence-electron chi connectivity index (χ3n) is 2.98. The minimum absolute atomic E-state index is 0.222. The Morgan fingerprint density at radius 1 is 1.44 bits per heavy atom. The Bertz CT molecular complexity index is 403. The molecule has 1 aliphatic rings. The lowest BCUT2D eigenvalue weighted by Gasteiger charge is -2.23. The minimum Gasteiger partial charge on any atom is -0.445 e. The molecule has 5 heteroatoms. The number of anilines is 1. The summed E-state index contributed by atoms with van der Waals surface area (Å²) in [7, 11) is 0. The zero-order valence-corrected chi connectivity index (χ0v) is 10.3. The molecule has 98 valence electrons. The maximum absolute atomic E-state index is 11.6. The second-order valence-electron chi connectivity index (χ2n) is 4.49. The quantitative estimate of drug-likeness (QED) is 0.705. The van der Waals surface area contributed by atoms with Crippen LogP contribution in [-0.4, -0.2) is 25.2 Å². The van der Waals surface area contributed by atoms with Crippen LogP contribution in [0.15, 0.2) is 24.3 Å². The SMILES string of the molecule is Nc1cccc(COC(=O)NC2CCNCC2)c1. The van der Waals surface area contributed by atoms with Gasteiger partial charge in [-0.25, -0.2) is 4.79 Å². The minimum atomic E-state index is -0.357. The van der Waals surface area contributed by atoms with Crippen molar-refractivity contribution in [2.45, 2.75) is 25.5 Å². The molecule has 18 heavy (non-hydrogen) atoms. The van der Waals surface area contributed by atoms with Gasteiger partial charge in [-0.2, -0.15) is 0 Å². The molecule has 5 nitrogen and oxygen atoms in total. The van der Waals surface area contributed by atoms with Gasteiger partial charge in [-0.15, -0.1) is 0 Å². The average Bonchev–Trinajstić information content (AvgIpc) is 2.38. The Balaban J connectivity index is 1.74. The number of amides is 1. The first-order chi connectivity index (χ1) is 8.74. The van der Waals surface area contributed by atoms with Crippen LogP contribution in [0.5, 0.6) is 0 Å². The van der Waals surface area contributed by atoms with Gasteiger partial charge in [-0.3, -0.25) is 0 Å². The Hall–Kier alpha value is -1.75. The Morgan fingerprint density at radius 3 is 2.94 bits per heavy atom. The van der Waals surface area contributed by atoms with E-state index >= 15 is 0 Å². The Morgan fingerprint density at radius 2 is 2.22 bits per heavy atom. The highest BCUT2D eigenvalue weighted by atomic mass is 16.5. The first-order valence-corrected chi connectivity index (χ1v) is 6.22. The highest BCUT2D eigenvalue weighted by Crippen LogP contribution is 2.08. The molecule has 4 N–H and O–H groups in total. The van der Waals surface area contributed by atoms with Crippen LogP contribution in [0.1, 0.15) is 18.4 Å². The first kappa shape index (κ1) is 12.7. The van der Waals surface area contributed by atoms with E-state index in [-0.39, 0.29) is 18.7 Å². The van der Waals surface area contributed by atoms with Crippen molar-refractivity contribution in [3.63, 3.8) is 0 Å². The van der Waals surface area contributed by atoms with Crippen LogP contribution in [0.25, 0.3) is 0 Å². The molecule has 1 heterocycles. The normalized spacial score (nSPS) is 16.2. The molecule has 0 bridgehead atoms. The number of nitrogens with two attached hydrogens (primary N) is 1. The topological polar surface area (TPSA) is 76.4 Å². The van der Waals surface area contributed by atoms with Gasteiger partial charge >= 0.3 is 6.09 Å². The highest BCUT2D eigenvalue weighted by molar-refractivity contribution is 5.67. The van der Waals surface area contributed by atoms with E-state index in [9.17, 15) is 4.79 Å². The van der Waals surface area contributed by atoms with E-state index in [0.717, 1.165) is 31.5 Å². The lowest BCUT2D eigenvalue weighted by Crippen LogP contribution is -2.42. The summed E-state index contributed by atoms with van der Waals surface area (Å²) in [6.45, 7) is 2.14. The van der Waals surface area contributed by atoms with Crippen molar-refractivity contribution in [3.8, 4) is 0 Å². The lowest BCUT2D eigenvalue weighted by molar-refractivity contribution is 0.133. The molecule has 1 amide bonds. The van der Waals surface area contributed by atoms with Gasteiger partial charge in [0.05, 0.1) is 0 Å². The van der Waals surface area contributed by atoms with Gasteiger partial charge in [0.2, 0.25) is 0 Å². The number of hydrogen-bond acceptors (Lipinski definition) is 4. The maximum Gasteiger partial charge on any atom is 0.407 e. The third-order valence-corrected chi connectivity index (χ3v) is 2.98. The van der Waals surface area contributed by atoms with Gasteiger partial charge < -0.3 is 21.1 Å². The number of alkyl carbamates (subject to hydrolysis) is 1. The molecule has 0 spiro atoms. The van der Waals surface area contributed by atoms with E-state index in [4.69, 9.17) is 10.5 Å². The molecule has 0 aliphatic carbocycles. The van der Waals surface area contributed by atoms with Crippen molar-refractivity contribution in [2.24, 2.45) is 0 Å². The smallest absolute Gasteiger partial charge is 0.407 e. The van der Waals surface area contributed by atoms with Crippen LogP contribution < -0.4 is 16.4 Å². The van der Waals surface area contributed by atoms with Gasteiger partial charge in [0, 0.05) is 11.7 Å². The molecule has 1 aromatic carbocycles. The van der Waals surface area contributed by atoms with Crippen molar-refractivity contribution in [1.82, 2.24) is 10.6 Å². The van der Waals surface area contributed by atoms with Crippen LogP contribution >= 0.6 is 0 Å². The fourth-order valence-electron chi connectivity index (χ4n) is 2.01. The van der Waals surface area contributed by atoms with E-state index in [1.165, 1.54) is 0 Å². The lowest BCUT2D eigenvalue weighted by atomic mass is 10.1. The standard InChI is InChI=1S/C13H19N3O2/c14-11-3-1-2-10(8-11)9-18-13(17)16-12-4-6-15-7-5-12/h1-3,8,12,15H,4-7,9,14H2,(H,16,17). The number of carbonyl (C=O) groups is 1. The number of nitrogens with one attached hydrogen (secondary N) is 2. The maximum atomic E-state index is 11.6. The average molecular weight is 249 g/mol. The summed E-state index contributed by atoms with van der Waals surface area (Å²) in [6, 6.07) is 7.56. The van der Waals surface area contributed by atoms with Gasteiger partial charge in [-0.05, 0) is 43.6 Å². The fraction of sp³-hybridized carbons (Fsp3) is 0.462. The zero-order valence-electron chi connectivity index (χ0n) is 10.3. The monoisotopic (exact) mass is 249 g/mol. The van der Waals surface area contributed by atoms with E-state index < -0.39 is 0 Å². The van der Waals surface area contributed by atoms with Crippen molar-refractivity contribution in [2.75, 3.05) is 18.8 Å². The molecule has 1 aliphatic heterocycles. The molecular formula is C13H19N3O2. The van der Waals surface area contributed by atoms with Crippen LogP contribution in [-0.2, 0) is 11.3 Å². The molecule has 0 atom stereocenters. The molecule has 0 aromatic heterocycles. The summed E-state index contributed by atoms with van der Waals surface area (Å²) < 4.78 is 5.16. The van der Waals surface area contributed by atoms with Gasteiger partial charge in [0.1, 0.15) is 6.61 Å². The molecule has 0 unspecified atom stereocenters. The van der Waals surface area contributed by atoms with E-state index in [2.05, 4.69) is 10.6 Å². The summed E-state index contributed by atoms with van der Waals surface area (Å²) in [5, 5.41) is 6.12. The van der Waals surface area contributed by atoms with Crippen molar-refractivity contribution in [1.29, 1.82) is 0 Å². The van der Waals surface area contributed by atoms with Crippen LogP contribution in [0.4, 0.5) is 10.5 Å². The number of carbonyl (C=O) groups excluding carboxylic acids is 1. The Labute approximate surface area is 107 Å². The van der Waals surface area contributed by atoms with Crippen molar-refractivity contribution in [3.05, 3.63) is 29.8 Å². The second kappa shape index (κ2) is 6.26. The number of piperidine rings is 1. The zero-order chi connectivity index (χ0) is 12.8. The number of benzene rings is 1. The van der Waals surface area contributed by atoms with E-state index in [1.54, 1.807) is 12.1 Å². The van der Waals surface area contributed by atoms with Crippen molar-refractivity contribution < 1.29 is 9.53 Å². The van der Waals surface area contributed by atoms with E-state index in [0.29, 0.717) is 5.69 Å². The summed E-state index contributed by atoms with van der Waals surface area (Å²) in [5.74, 6) is 0. The molecule has 0 radical (unpaired) electrons. The predicted molar refractivity (Wildman–Crippen MR) is 70.1 cm³/mol. The van der Waals surface area contributed by atoms with Gasteiger partial charge in [0.25, 0.3) is 0 Å². The number of ether oxygens (including phenoxy) is 1. The number of rotatable bonds is 3. The molecule has 1 saturated heterocycles. The van der Waals surface area contributed by atoms with Crippen molar-refractivity contribution >= 4 is 11.8 Å². The van der Waals surface area contributed by atoms with Gasteiger partial charge in [0.15, 0.2) is 0 Å². The molecule has 2 rings (SSSR count). The largest absolute Gasteiger partial charge is 0.445 e. The molecule has 1 fully saturated rings. The summed E-state index contributed by atoms with van der Waals surface area (Å²) >= 11 is 0. The molecular weight excluding hydrogens is 230 g/mol. The molecule has 0 saturated carbocycles. The Kier molecular flexibility index (Phi) is 4.41. The number of hydrogen-bond donors (Lipinski definition) is 3. The van der Waals surface area contributed by atoms with Crippen LogP contribution in [0, 0.1) is 0 Å². The predicted octanol–water partition coefficient (Wildman–Crippen LogP) is 1.25. The van der Waals surface area contributed by atoms with Crippen LogP contribution in [0.2, 0.25) is 0 Å². The van der Waals surface area contributed by atoms with Crippen LogP contribution in [0.3, 0.4) is 0 Å².